The molecule has 0 bridgehead atoms. The zero-order valence-corrected chi connectivity index (χ0v) is 61.1. The van der Waals surface area contributed by atoms with E-state index in [0.29, 0.717) is 89.9 Å². The minimum Gasteiger partial charge on any atom is -0.494 e. The van der Waals surface area contributed by atoms with Crippen molar-refractivity contribution in [2.45, 2.75) is 119 Å². The first-order valence-corrected chi connectivity index (χ1v) is 35.7. The van der Waals surface area contributed by atoms with Crippen molar-refractivity contribution in [3.63, 3.8) is 0 Å². The van der Waals surface area contributed by atoms with E-state index in [-0.39, 0.29) is 108 Å². The monoisotopic (exact) mass is 1450 g/mol. The normalized spacial score (nSPS) is 15.2. The van der Waals surface area contributed by atoms with Gasteiger partial charge in [0.1, 0.15) is 52.6 Å². The van der Waals surface area contributed by atoms with E-state index < -0.39 is 65.0 Å². The Balaban J connectivity index is 0.733. The number of aryl methyl sites for hydroxylation is 5. The number of morpholine rings is 1. The SMILES string of the molecule is CCn1nc(C)cc1C(=O)Nc1nc2cc(C(=O)NCCOCCOCCOCC(=O)N[C@@H](C(=O)N3C[C@H](O)C[C@H]3C(=O)NCc3ccc(-c4scnc4C)cc3)C(C)(C)C)cc(OC)c2n1C/C=C/Cn1c(NC(=O)c2cc(C)nn2CC)nc2cc(C(N)=O)cc(OCCCN3CCOCC3)c21. The van der Waals surface area contributed by atoms with Gasteiger partial charge in [-0.15, -0.1) is 11.3 Å². The van der Waals surface area contributed by atoms with Crippen molar-refractivity contribution in [1.29, 1.82) is 0 Å². The number of allylic oxidation sites excluding steroid dienone is 2. The van der Waals surface area contributed by atoms with Crippen LogP contribution >= 0.6 is 11.3 Å². The third kappa shape index (κ3) is 19.3. The van der Waals surface area contributed by atoms with E-state index in [1.807, 2.05) is 57.2 Å². The van der Waals surface area contributed by atoms with Gasteiger partial charge in [-0.25, -0.2) is 15.0 Å². The molecule has 8 aromatic rings. The van der Waals surface area contributed by atoms with Crippen molar-refractivity contribution in [1.82, 2.24) is 69.4 Å². The van der Waals surface area contributed by atoms with Crippen LogP contribution in [0.4, 0.5) is 11.9 Å². The van der Waals surface area contributed by atoms with Crippen LogP contribution in [0.2, 0.25) is 0 Å². The van der Waals surface area contributed by atoms with E-state index in [1.54, 1.807) is 106 Å². The first-order valence-electron chi connectivity index (χ1n) is 34.8. The van der Waals surface area contributed by atoms with E-state index in [2.05, 4.69) is 46.7 Å². The highest BCUT2D eigenvalue weighted by atomic mass is 32.1. The number of aliphatic hydroxyl groups is 1. The van der Waals surface area contributed by atoms with Crippen LogP contribution in [0.25, 0.3) is 32.5 Å². The van der Waals surface area contributed by atoms with Gasteiger partial charge in [0.15, 0.2) is 0 Å². The summed E-state index contributed by atoms with van der Waals surface area (Å²) in [4.78, 5) is 114. The molecule has 0 saturated carbocycles. The molecule has 7 amide bonds. The summed E-state index contributed by atoms with van der Waals surface area (Å²) >= 11 is 1.55. The second-order valence-electron chi connectivity index (χ2n) is 26.3. The van der Waals surface area contributed by atoms with Crippen molar-refractivity contribution < 1.29 is 67.1 Å². The molecule has 3 aromatic carbocycles. The first kappa shape index (κ1) is 76.7. The largest absolute Gasteiger partial charge is 0.494 e. The Morgan fingerprint density at radius 1 is 0.740 bits per heavy atom. The Kier molecular flexibility index (Phi) is 26.2. The van der Waals surface area contributed by atoms with Crippen molar-refractivity contribution in [3.8, 4) is 21.9 Å². The Labute approximate surface area is 606 Å². The molecule has 2 aliphatic rings. The maximum absolute atomic E-state index is 14.1. The van der Waals surface area contributed by atoms with Gasteiger partial charge in [0.2, 0.25) is 35.5 Å². The molecule has 0 radical (unpaired) electrons. The quantitative estimate of drug-likeness (QED) is 0.0192. The summed E-state index contributed by atoms with van der Waals surface area (Å²) in [5.74, 6) is -2.57. The molecule has 10 rings (SSSR count). The number of aromatic nitrogens is 9. The third-order valence-corrected chi connectivity index (χ3v) is 18.6. The third-order valence-electron chi connectivity index (χ3n) is 17.6. The minimum absolute atomic E-state index is 0.0563. The standard InChI is InChI=1S/C72H93N17O14S/c1-10-88-55(33-44(3)82-88)67(95)80-70-78-53-36-50(65(93)74-19-26-99-29-30-101-31-32-102-42-59(91)79-63(72(6,7)8)69(97)87-41-51(90)39-54(87)66(94)75-40-47-15-17-48(18-16-47)62-46(5)76-43-104-62)38-57(98-9)60(53)85(70)21-12-13-22-86-61-52(77-71(86)81-68(96)56-34-45(4)83-89(56)11-2)35-49(64(73)92)37-58(61)103-25-14-20-84-23-27-100-28-24-84/h12-13,15-18,33-38,43,51,54,63,90H,10-11,14,19-32,39-42H2,1-9H3,(H2,73,92)(H,74,93)(H,75,94)(H,79,91)(H,77,81,96)(H,78,80,95)/b13-12+/t51-,54+,63+/m1/s1. The molecule has 7 heterocycles. The molecule has 3 atom stereocenters. The predicted octanol–water partition coefficient (Wildman–Crippen LogP) is 5.43. The molecule has 5 aromatic heterocycles. The highest BCUT2D eigenvalue weighted by Gasteiger charge is 2.44. The van der Waals surface area contributed by atoms with Gasteiger partial charge in [-0.1, -0.05) is 57.2 Å². The van der Waals surface area contributed by atoms with Crippen molar-refractivity contribution in [2.24, 2.45) is 11.1 Å². The maximum atomic E-state index is 14.1. The fraction of sp³-hybridized carbons (Fsp3) is 0.472. The Morgan fingerprint density at radius 2 is 1.33 bits per heavy atom. The van der Waals surface area contributed by atoms with Crippen LogP contribution in [0.5, 0.6) is 11.5 Å². The van der Waals surface area contributed by atoms with Gasteiger partial charge in [0.25, 0.3) is 17.7 Å². The molecule has 556 valence electrons. The molecule has 0 unspecified atom stereocenters. The second-order valence-corrected chi connectivity index (χ2v) is 27.2. The summed E-state index contributed by atoms with van der Waals surface area (Å²) in [6.45, 7) is 20.5. The number of primary amides is 1. The number of ether oxygens (including phenoxy) is 6. The number of rotatable bonds is 35. The average molecular weight is 1450 g/mol. The number of hydrogen-bond acceptors (Lipinski definition) is 21. The van der Waals surface area contributed by atoms with Crippen molar-refractivity contribution in [3.05, 3.63) is 123 Å². The van der Waals surface area contributed by atoms with Gasteiger partial charge < -0.3 is 69.2 Å². The van der Waals surface area contributed by atoms with E-state index in [0.717, 1.165) is 41.3 Å². The molecular formula is C72H93N17O14S. The van der Waals surface area contributed by atoms with E-state index >= 15 is 0 Å². The van der Waals surface area contributed by atoms with Crippen LogP contribution in [-0.4, -0.2) is 217 Å². The number of anilines is 2. The van der Waals surface area contributed by atoms with Crippen LogP contribution in [0.1, 0.15) is 112 Å². The van der Waals surface area contributed by atoms with Crippen LogP contribution in [0, 0.1) is 26.2 Å². The van der Waals surface area contributed by atoms with E-state index in [1.165, 1.54) is 12.0 Å². The number of thiazole rings is 1. The van der Waals surface area contributed by atoms with Crippen molar-refractivity contribution >= 4 is 86.7 Å². The smallest absolute Gasteiger partial charge is 0.276 e. The number of likely N-dealkylation sites (tertiary alicyclic amines) is 1. The van der Waals surface area contributed by atoms with Gasteiger partial charge in [0.05, 0.1) is 105 Å². The van der Waals surface area contributed by atoms with E-state index in [9.17, 15) is 38.7 Å². The molecular weight excluding hydrogens is 1360 g/mol. The van der Waals surface area contributed by atoms with Crippen LogP contribution in [0.15, 0.2) is 78.3 Å². The summed E-state index contributed by atoms with van der Waals surface area (Å²) < 4.78 is 41.6. The van der Waals surface area contributed by atoms with Crippen LogP contribution < -0.4 is 41.8 Å². The number of methoxy groups -OCH3 is 1. The number of carbonyl (C=O) groups is 7. The summed E-state index contributed by atoms with van der Waals surface area (Å²) in [5.41, 5.74) is 13.7. The summed E-state index contributed by atoms with van der Waals surface area (Å²) in [6.07, 6.45) is 3.51. The number of aliphatic hydroxyl groups excluding tert-OH is 1. The predicted molar refractivity (Wildman–Crippen MR) is 389 cm³/mol. The average Bonchev–Trinajstić information content (AvgIpc) is 1.62. The lowest BCUT2D eigenvalue weighted by molar-refractivity contribution is -0.144. The molecule has 0 aliphatic carbocycles. The van der Waals surface area contributed by atoms with E-state index in [4.69, 9.17) is 44.1 Å². The number of amides is 7. The second kappa shape index (κ2) is 35.5. The first-order chi connectivity index (χ1) is 50.0. The Morgan fingerprint density at radius 3 is 1.90 bits per heavy atom. The molecule has 2 aliphatic heterocycles. The summed E-state index contributed by atoms with van der Waals surface area (Å²) in [7, 11) is 1.47. The lowest BCUT2D eigenvalue weighted by atomic mass is 9.85. The van der Waals surface area contributed by atoms with Gasteiger partial charge in [0, 0.05) is 83.0 Å². The van der Waals surface area contributed by atoms with Gasteiger partial charge in [-0.2, -0.15) is 10.2 Å². The number of imidazole rings is 2. The summed E-state index contributed by atoms with van der Waals surface area (Å²) in [5, 5.41) is 34.1. The number of fused-ring (bicyclic) bond motifs is 2. The molecule has 8 N–H and O–H groups in total. The number of hydrogen-bond donors (Lipinski definition) is 7. The van der Waals surface area contributed by atoms with Gasteiger partial charge in [-0.3, -0.25) is 58.5 Å². The number of nitrogens with zero attached hydrogens (tertiary/aromatic N) is 11. The van der Waals surface area contributed by atoms with Gasteiger partial charge in [-0.05, 0) is 94.0 Å². The molecule has 32 heteroatoms. The number of nitrogens with one attached hydrogen (secondary N) is 5. The fourth-order valence-electron chi connectivity index (χ4n) is 12.4. The number of nitrogens with two attached hydrogens (primary N) is 1. The number of benzene rings is 3. The Bertz CT molecular complexity index is 4390. The lowest BCUT2D eigenvalue weighted by Gasteiger charge is -2.35. The van der Waals surface area contributed by atoms with Gasteiger partial charge >= 0.3 is 0 Å². The highest BCUT2D eigenvalue weighted by Crippen LogP contribution is 2.35. The lowest BCUT2D eigenvalue weighted by Crippen LogP contribution is -2.58. The molecule has 104 heavy (non-hydrogen) atoms. The summed E-state index contributed by atoms with van der Waals surface area (Å²) in [6, 6.07) is 15.5. The molecule has 31 nitrogen and oxygen atoms in total. The van der Waals surface area contributed by atoms with Crippen LogP contribution in [0.3, 0.4) is 0 Å². The zero-order chi connectivity index (χ0) is 74.2. The number of β-amino-alcohol motifs (C(OH)–C–C–N with tert-alkyl or cyclic N) is 1. The highest BCUT2D eigenvalue weighted by molar-refractivity contribution is 7.13. The molecule has 2 fully saturated rings. The molecule has 2 saturated heterocycles. The number of carbonyl (C=O) groups excluding carboxylic acids is 7. The van der Waals surface area contributed by atoms with Crippen molar-refractivity contribution in [2.75, 3.05) is 110 Å². The molecule has 0 spiro atoms. The topological polar surface area (TPSA) is 372 Å². The zero-order valence-electron chi connectivity index (χ0n) is 60.2. The maximum Gasteiger partial charge on any atom is 0.276 e. The fourth-order valence-corrected chi connectivity index (χ4v) is 13.2. The van der Waals surface area contributed by atoms with Crippen LogP contribution in [-0.2, 0) is 66.1 Å². The minimum atomic E-state index is -1.03. The Hall–Kier alpha value is -9.96.